The first-order valence-corrected chi connectivity index (χ1v) is 16.4. The second kappa shape index (κ2) is 13.3. The molecule has 1 aliphatic heterocycles. The molecule has 1 saturated heterocycles. The van der Waals surface area contributed by atoms with Gasteiger partial charge in [-0.05, 0) is 65.4 Å². The summed E-state index contributed by atoms with van der Waals surface area (Å²) in [5, 5.41) is 14.0. The molecule has 47 heavy (non-hydrogen) atoms. The number of nitrogens with zero attached hydrogens (tertiary/aromatic N) is 6. The van der Waals surface area contributed by atoms with Crippen molar-refractivity contribution in [3.05, 3.63) is 72.4 Å². The van der Waals surface area contributed by atoms with Crippen molar-refractivity contribution in [3.8, 4) is 46.0 Å². The summed E-state index contributed by atoms with van der Waals surface area (Å²) in [6.07, 6.45) is 3.09. The summed E-state index contributed by atoms with van der Waals surface area (Å²) in [6, 6.07) is 17.0. The first-order valence-electron chi connectivity index (χ1n) is 14.9. The second-order valence-corrected chi connectivity index (χ2v) is 13.5. The summed E-state index contributed by atoms with van der Waals surface area (Å²) in [5.41, 5.74) is 1.71. The molecule has 0 bridgehead atoms. The van der Waals surface area contributed by atoms with E-state index in [1.165, 1.54) is 13.3 Å². The lowest BCUT2D eigenvalue weighted by Crippen LogP contribution is -2.19. The number of rotatable bonds is 11. The van der Waals surface area contributed by atoms with Gasteiger partial charge in [-0.3, -0.25) is 9.71 Å². The number of aromatic nitrogens is 7. The summed E-state index contributed by atoms with van der Waals surface area (Å²) in [5.74, 6) is 0.888. The molecule has 0 aliphatic carbocycles. The minimum atomic E-state index is -4.17. The van der Waals surface area contributed by atoms with Crippen molar-refractivity contribution in [3.63, 3.8) is 0 Å². The average molecular weight is 659 g/mol. The van der Waals surface area contributed by atoms with E-state index in [0.717, 1.165) is 18.4 Å². The van der Waals surface area contributed by atoms with Gasteiger partial charge in [0.05, 0.1) is 18.1 Å². The van der Waals surface area contributed by atoms with E-state index in [0.29, 0.717) is 29.4 Å². The van der Waals surface area contributed by atoms with Crippen LogP contribution in [0.2, 0.25) is 0 Å². The number of aromatic amines is 1. The molecule has 14 nitrogen and oxygen atoms in total. The predicted molar refractivity (Wildman–Crippen MR) is 172 cm³/mol. The van der Waals surface area contributed by atoms with E-state index in [4.69, 9.17) is 23.9 Å². The number of methoxy groups -OCH3 is 1. The Morgan fingerprint density at radius 3 is 2.49 bits per heavy atom. The second-order valence-electron chi connectivity index (χ2n) is 11.8. The fourth-order valence-corrected chi connectivity index (χ4v) is 5.87. The lowest BCUT2D eigenvalue weighted by Gasteiger charge is -2.20. The van der Waals surface area contributed by atoms with Gasteiger partial charge in [-0.25, -0.2) is 13.4 Å². The predicted octanol–water partition coefficient (Wildman–Crippen LogP) is 5.18. The number of benzene rings is 2. The molecule has 0 saturated carbocycles. The van der Waals surface area contributed by atoms with Crippen LogP contribution in [0.15, 0.2) is 71.8 Å². The third kappa shape index (κ3) is 7.31. The van der Waals surface area contributed by atoms with Gasteiger partial charge >= 0.3 is 0 Å². The summed E-state index contributed by atoms with van der Waals surface area (Å²) in [7, 11) is -2.67. The number of nitrogens with one attached hydrogen (secondary N) is 2. The van der Waals surface area contributed by atoms with E-state index in [9.17, 15) is 8.42 Å². The van der Waals surface area contributed by atoms with Crippen LogP contribution in [0.4, 0.5) is 5.82 Å². The zero-order chi connectivity index (χ0) is 33.0. The molecule has 1 atom stereocenters. The Bertz CT molecular complexity index is 1940. The Hall–Kier alpha value is -5.15. The van der Waals surface area contributed by atoms with E-state index in [2.05, 4.69) is 56.1 Å². The minimum Gasteiger partial charge on any atom is -0.493 e. The summed E-state index contributed by atoms with van der Waals surface area (Å²) in [6.45, 7) is 6.95. The number of pyridine rings is 1. The Morgan fingerprint density at radius 2 is 1.81 bits per heavy atom. The maximum Gasteiger partial charge on any atom is 0.263 e. The third-order valence-electron chi connectivity index (χ3n) is 7.40. The van der Waals surface area contributed by atoms with Crippen LogP contribution in [0.1, 0.15) is 39.2 Å². The van der Waals surface area contributed by atoms with Crippen molar-refractivity contribution in [2.45, 2.75) is 50.0 Å². The SMILES string of the molecule is COc1ccccc1Oc1c(NS(=O)(=O)c2ccc(C(C)(C)C)cc2)nc(-c2ccnc(-c3nn[nH]n3)c2)nc1OCC1CCCO1. The van der Waals surface area contributed by atoms with E-state index in [1.54, 1.807) is 60.7 Å². The van der Waals surface area contributed by atoms with Gasteiger partial charge in [0.25, 0.3) is 15.9 Å². The highest BCUT2D eigenvalue weighted by Gasteiger charge is 2.27. The molecule has 0 amide bonds. The lowest BCUT2D eigenvalue weighted by molar-refractivity contribution is 0.0654. The van der Waals surface area contributed by atoms with E-state index >= 15 is 0 Å². The Balaban J connectivity index is 1.48. The van der Waals surface area contributed by atoms with Crippen LogP contribution < -0.4 is 18.9 Å². The molecular formula is C32H34N8O6S. The van der Waals surface area contributed by atoms with Gasteiger partial charge in [0.15, 0.2) is 23.1 Å². The van der Waals surface area contributed by atoms with Gasteiger partial charge in [0.1, 0.15) is 12.3 Å². The van der Waals surface area contributed by atoms with Gasteiger partial charge in [-0.15, -0.1) is 10.2 Å². The molecule has 3 aromatic heterocycles. The van der Waals surface area contributed by atoms with E-state index < -0.39 is 10.0 Å². The van der Waals surface area contributed by atoms with Crippen molar-refractivity contribution in [1.29, 1.82) is 0 Å². The molecule has 2 N–H and O–H groups in total. The van der Waals surface area contributed by atoms with Gasteiger partial charge in [-0.1, -0.05) is 45.0 Å². The lowest BCUT2D eigenvalue weighted by atomic mass is 9.87. The van der Waals surface area contributed by atoms with Gasteiger partial charge < -0.3 is 18.9 Å². The smallest absolute Gasteiger partial charge is 0.263 e. The van der Waals surface area contributed by atoms with Gasteiger partial charge in [0.2, 0.25) is 11.6 Å². The highest BCUT2D eigenvalue weighted by atomic mass is 32.2. The number of anilines is 1. The summed E-state index contributed by atoms with van der Waals surface area (Å²) >= 11 is 0. The van der Waals surface area contributed by atoms with E-state index in [-0.39, 0.29) is 52.1 Å². The Kier molecular flexibility index (Phi) is 9.00. The maximum absolute atomic E-state index is 13.9. The molecule has 1 fully saturated rings. The molecule has 0 spiro atoms. The molecule has 1 unspecified atom stereocenters. The van der Waals surface area contributed by atoms with Crippen molar-refractivity contribution < 1.29 is 27.4 Å². The largest absolute Gasteiger partial charge is 0.493 e. The Morgan fingerprint density at radius 1 is 1.02 bits per heavy atom. The van der Waals surface area contributed by atoms with Crippen LogP contribution in [0, 0.1) is 0 Å². The molecule has 15 heteroatoms. The van der Waals surface area contributed by atoms with Crippen LogP contribution in [-0.2, 0) is 20.2 Å². The number of H-pyrrole nitrogens is 1. The first-order chi connectivity index (χ1) is 22.6. The van der Waals surface area contributed by atoms with Crippen LogP contribution in [0.25, 0.3) is 22.9 Å². The van der Waals surface area contributed by atoms with Crippen molar-refractivity contribution in [2.75, 3.05) is 25.0 Å². The molecule has 6 rings (SSSR count). The van der Waals surface area contributed by atoms with Crippen LogP contribution in [0.3, 0.4) is 0 Å². The number of ether oxygens (including phenoxy) is 4. The topological polar surface area (TPSA) is 176 Å². The molecule has 244 valence electrons. The normalized spacial score (nSPS) is 14.9. The van der Waals surface area contributed by atoms with Gasteiger partial charge in [0, 0.05) is 18.4 Å². The van der Waals surface area contributed by atoms with Crippen LogP contribution in [0.5, 0.6) is 23.1 Å². The standard InChI is InChI=1S/C32H34N8O6S/c1-32(2,3)21-11-13-23(14-12-21)47(41,42)38-30-27(46-26-10-6-5-9-25(26)43-4)31(45-19-22-8-7-17-44-22)35-28(34-30)20-15-16-33-24(18-20)29-36-39-40-37-29/h5-6,9-16,18,22H,7-8,17,19H2,1-4H3,(H,34,35,38)(H,36,37,39,40). The van der Waals surface area contributed by atoms with E-state index in [1.807, 2.05) is 0 Å². The molecular weight excluding hydrogens is 624 g/mol. The highest BCUT2D eigenvalue weighted by Crippen LogP contribution is 2.42. The molecule has 5 aromatic rings. The number of hydrogen-bond donors (Lipinski definition) is 2. The first kappa shape index (κ1) is 31.8. The van der Waals surface area contributed by atoms with Crippen molar-refractivity contribution >= 4 is 15.8 Å². The number of para-hydroxylation sites is 2. The minimum absolute atomic E-state index is 0.00453. The molecule has 2 aromatic carbocycles. The van der Waals surface area contributed by atoms with Crippen molar-refractivity contribution in [2.24, 2.45) is 0 Å². The quantitative estimate of drug-likeness (QED) is 0.191. The van der Waals surface area contributed by atoms with Crippen molar-refractivity contribution in [1.82, 2.24) is 35.6 Å². The number of tetrazole rings is 1. The maximum atomic E-state index is 13.9. The third-order valence-corrected chi connectivity index (χ3v) is 8.75. The van der Waals surface area contributed by atoms with Crippen LogP contribution >= 0.6 is 0 Å². The highest BCUT2D eigenvalue weighted by molar-refractivity contribution is 7.92. The fourth-order valence-electron chi connectivity index (χ4n) is 4.86. The number of hydrogen-bond acceptors (Lipinski definition) is 12. The number of sulfonamides is 1. The average Bonchev–Trinajstić information content (AvgIpc) is 3.80. The van der Waals surface area contributed by atoms with Gasteiger partial charge in [-0.2, -0.15) is 10.2 Å². The summed E-state index contributed by atoms with van der Waals surface area (Å²) < 4.78 is 54.2. The zero-order valence-corrected chi connectivity index (χ0v) is 27.1. The Labute approximate surface area is 272 Å². The zero-order valence-electron chi connectivity index (χ0n) is 26.3. The fraction of sp³-hybridized carbons (Fsp3) is 0.312. The molecule has 0 radical (unpaired) electrons. The summed E-state index contributed by atoms with van der Waals surface area (Å²) in [4.78, 5) is 13.7. The monoisotopic (exact) mass is 658 g/mol. The molecule has 4 heterocycles. The molecule has 1 aliphatic rings. The van der Waals surface area contributed by atoms with Crippen LogP contribution in [-0.4, -0.2) is 70.4 Å².